The Morgan fingerprint density at radius 1 is 1.19 bits per heavy atom. The lowest BCUT2D eigenvalue weighted by Gasteiger charge is -2.29. The van der Waals surface area contributed by atoms with Crippen LogP contribution in [0.2, 0.25) is 0 Å². The largest absolute Gasteiger partial charge is 0.368 e. The van der Waals surface area contributed by atoms with Crippen molar-refractivity contribution < 1.29 is 0 Å². The van der Waals surface area contributed by atoms with Crippen LogP contribution in [-0.4, -0.2) is 36.1 Å². The summed E-state index contributed by atoms with van der Waals surface area (Å²) in [6.45, 7) is 3.99. The van der Waals surface area contributed by atoms with E-state index in [9.17, 15) is 0 Å². The molecule has 2 aromatic heterocycles. The van der Waals surface area contributed by atoms with Crippen molar-refractivity contribution in [2.75, 3.05) is 36.4 Å². The van der Waals surface area contributed by atoms with Crippen LogP contribution < -0.4 is 15.5 Å². The van der Waals surface area contributed by atoms with Crippen LogP contribution in [0.4, 0.5) is 17.3 Å². The summed E-state index contributed by atoms with van der Waals surface area (Å²) in [7, 11) is 0. The van der Waals surface area contributed by atoms with Crippen LogP contribution in [0.3, 0.4) is 0 Å². The van der Waals surface area contributed by atoms with E-state index in [-0.39, 0.29) is 0 Å². The van der Waals surface area contributed by atoms with E-state index in [1.165, 1.54) is 0 Å². The summed E-state index contributed by atoms with van der Waals surface area (Å²) in [5, 5.41) is 15.5. The molecular formula is C15H16N6. The van der Waals surface area contributed by atoms with Gasteiger partial charge in [-0.1, -0.05) is 0 Å². The molecule has 3 rings (SSSR count). The molecule has 3 heterocycles. The summed E-state index contributed by atoms with van der Waals surface area (Å²) in [5.74, 6) is 1.21. The maximum absolute atomic E-state index is 9.05. The molecule has 0 amide bonds. The molecule has 6 heteroatoms. The van der Waals surface area contributed by atoms with E-state index >= 15 is 0 Å². The van der Waals surface area contributed by atoms with Gasteiger partial charge in [0.05, 0.1) is 17.4 Å². The van der Waals surface area contributed by atoms with Gasteiger partial charge in [0.15, 0.2) is 0 Å². The van der Waals surface area contributed by atoms with Gasteiger partial charge in [-0.15, -0.1) is 0 Å². The molecule has 0 bridgehead atoms. The Kier molecular flexibility index (Phi) is 3.94. The van der Waals surface area contributed by atoms with Gasteiger partial charge in [-0.3, -0.25) is 0 Å². The van der Waals surface area contributed by atoms with Gasteiger partial charge in [0, 0.05) is 32.4 Å². The fourth-order valence-corrected chi connectivity index (χ4v) is 2.29. The predicted octanol–water partition coefficient (Wildman–Crippen LogP) is 1.50. The maximum atomic E-state index is 9.05. The van der Waals surface area contributed by atoms with E-state index < -0.39 is 0 Å². The lowest BCUT2D eigenvalue weighted by Crippen LogP contribution is -2.43. The van der Waals surface area contributed by atoms with Crippen molar-refractivity contribution in [3.63, 3.8) is 0 Å². The number of pyridine rings is 2. The van der Waals surface area contributed by atoms with Crippen LogP contribution in [0.1, 0.15) is 5.56 Å². The Bertz CT molecular complexity index is 640. The van der Waals surface area contributed by atoms with Gasteiger partial charge in [0.1, 0.15) is 17.7 Å². The normalized spacial score (nSPS) is 14.5. The molecule has 0 aromatic carbocycles. The molecule has 0 unspecified atom stereocenters. The van der Waals surface area contributed by atoms with Crippen molar-refractivity contribution >= 4 is 17.3 Å². The summed E-state index contributed by atoms with van der Waals surface area (Å²) >= 11 is 0. The molecule has 1 aliphatic rings. The molecule has 6 nitrogen and oxygen atoms in total. The van der Waals surface area contributed by atoms with Gasteiger partial charge >= 0.3 is 0 Å². The van der Waals surface area contributed by atoms with E-state index in [0.29, 0.717) is 17.2 Å². The minimum atomic E-state index is 0.505. The van der Waals surface area contributed by atoms with E-state index in [1.54, 1.807) is 18.3 Å². The second-order valence-electron chi connectivity index (χ2n) is 4.78. The van der Waals surface area contributed by atoms with Gasteiger partial charge in [-0.25, -0.2) is 9.97 Å². The predicted molar refractivity (Wildman–Crippen MR) is 81.6 cm³/mol. The molecule has 1 saturated heterocycles. The van der Waals surface area contributed by atoms with Gasteiger partial charge in [0.25, 0.3) is 0 Å². The Hall–Kier alpha value is -2.65. The Morgan fingerprint density at radius 2 is 2.05 bits per heavy atom. The SMILES string of the molecule is N#Cc1cccnc1Nc1ccc(N2CCNCC2)cn1. The first-order valence-corrected chi connectivity index (χ1v) is 6.91. The number of nitrogens with zero attached hydrogens (tertiary/aromatic N) is 4. The Balaban J connectivity index is 1.74. The van der Waals surface area contributed by atoms with Gasteiger partial charge < -0.3 is 15.5 Å². The molecule has 0 saturated carbocycles. The average Bonchev–Trinajstić information content (AvgIpc) is 2.57. The lowest BCUT2D eigenvalue weighted by atomic mass is 10.2. The van der Waals surface area contributed by atoms with Crippen molar-refractivity contribution in [1.82, 2.24) is 15.3 Å². The zero-order chi connectivity index (χ0) is 14.5. The molecule has 106 valence electrons. The minimum absolute atomic E-state index is 0.505. The number of piperazine rings is 1. The van der Waals surface area contributed by atoms with E-state index in [0.717, 1.165) is 31.9 Å². The molecular weight excluding hydrogens is 264 g/mol. The number of hydrogen-bond donors (Lipinski definition) is 2. The smallest absolute Gasteiger partial charge is 0.149 e. The third-order valence-corrected chi connectivity index (χ3v) is 3.40. The third kappa shape index (κ3) is 3.09. The summed E-state index contributed by atoms with van der Waals surface area (Å²) in [6, 6.07) is 9.53. The highest BCUT2D eigenvalue weighted by Gasteiger charge is 2.11. The van der Waals surface area contributed by atoms with Crippen molar-refractivity contribution in [3.8, 4) is 6.07 Å². The fourth-order valence-electron chi connectivity index (χ4n) is 2.29. The minimum Gasteiger partial charge on any atom is -0.368 e. The van der Waals surface area contributed by atoms with Crippen LogP contribution in [0.15, 0.2) is 36.7 Å². The van der Waals surface area contributed by atoms with E-state index in [1.807, 2.05) is 18.3 Å². The molecule has 21 heavy (non-hydrogen) atoms. The summed E-state index contributed by atoms with van der Waals surface area (Å²) in [5.41, 5.74) is 1.62. The number of nitrogens with one attached hydrogen (secondary N) is 2. The molecule has 1 aliphatic heterocycles. The molecule has 0 radical (unpaired) electrons. The average molecular weight is 280 g/mol. The quantitative estimate of drug-likeness (QED) is 0.887. The molecule has 1 fully saturated rings. The zero-order valence-electron chi connectivity index (χ0n) is 11.6. The fraction of sp³-hybridized carbons (Fsp3) is 0.267. The van der Waals surface area contributed by atoms with Gasteiger partial charge in [-0.2, -0.15) is 5.26 Å². The monoisotopic (exact) mass is 280 g/mol. The van der Waals surface area contributed by atoms with Crippen LogP contribution >= 0.6 is 0 Å². The van der Waals surface area contributed by atoms with Crippen molar-refractivity contribution in [1.29, 1.82) is 5.26 Å². The first kappa shape index (κ1) is 13.3. The first-order valence-electron chi connectivity index (χ1n) is 6.91. The lowest BCUT2D eigenvalue weighted by molar-refractivity contribution is 0.589. The topological polar surface area (TPSA) is 76.9 Å². The van der Waals surface area contributed by atoms with Crippen LogP contribution in [0, 0.1) is 11.3 Å². The molecule has 0 spiro atoms. The number of aromatic nitrogens is 2. The van der Waals surface area contributed by atoms with Crippen LogP contribution in [0.25, 0.3) is 0 Å². The highest BCUT2D eigenvalue weighted by Crippen LogP contribution is 2.19. The molecule has 0 atom stereocenters. The van der Waals surface area contributed by atoms with Crippen LogP contribution in [-0.2, 0) is 0 Å². The summed E-state index contributed by atoms with van der Waals surface area (Å²) < 4.78 is 0. The number of rotatable bonds is 3. The Labute approximate surface area is 123 Å². The summed E-state index contributed by atoms with van der Waals surface area (Å²) in [4.78, 5) is 10.9. The second-order valence-corrected chi connectivity index (χ2v) is 4.78. The zero-order valence-corrected chi connectivity index (χ0v) is 11.6. The third-order valence-electron chi connectivity index (χ3n) is 3.40. The van der Waals surface area contributed by atoms with Crippen LogP contribution in [0.5, 0.6) is 0 Å². The number of nitriles is 1. The molecule has 2 aromatic rings. The van der Waals surface area contributed by atoms with Gasteiger partial charge in [0.2, 0.25) is 0 Å². The Morgan fingerprint density at radius 3 is 2.76 bits per heavy atom. The highest BCUT2D eigenvalue weighted by molar-refractivity contribution is 5.61. The van der Waals surface area contributed by atoms with Crippen molar-refractivity contribution in [3.05, 3.63) is 42.2 Å². The standard InChI is InChI=1S/C15H16N6/c16-10-12-2-1-5-18-15(12)20-14-4-3-13(11-19-14)21-8-6-17-7-9-21/h1-5,11,17H,6-9H2,(H,18,19,20). The van der Waals surface area contributed by atoms with E-state index in [2.05, 4.69) is 31.6 Å². The number of hydrogen-bond acceptors (Lipinski definition) is 6. The number of anilines is 3. The molecule has 0 aliphatic carbocycles. The van der Waals surface area contributed by atoms with E-state index in [4.69, 9.17) is 5.26 Å². The molecule has 2 N–H and O–H groups in total. The highest BCUT2D eigenvalue weighted by atomic mass is 15.2. The summed E-state index contributed by atoms with van der Waals surface area (Å²) in [6.07, 6.45) is 3.50. The first-order chi connectivity index (χ1) is 10.4. The van der Waals surface area contributed by atoms with Crippen molar-refractivity contribution in [2.24, 2.45) is 0 Å². The van der Waals surface area contributed by atoms with Gasteiger partial charge in [-0.05, 0) is 24.3 Å². The second kappa shape index (κ2) is 6.20. The maximum Gasteiger partial charge on any atom is 0.149 e. The van der Waals surface area contributed by atoms with Crippen molar-refractivity contribution in [2.45, 2.75) is 0 Å².